The molecule has 0 aliphatic carbocycles. The van der Waals surface area contributed by atoms with E-state index in [2.05, 4.69) is 52.0 Å². The Morgan fingerprint density at radius 3 is 1.20 bits per heavy atom. The van der Waals surface area contributed by atoms with Crippen LogP contribution >= 0.6 is 23.5 Å². The lowest BCUT2D eigenvalue weighted by Gasteiger charge is -2.51. The van der Waals surface area contributed by atoms with Crippen LogP contribution in [-0.2, 0) is 10.8 Å². The second-order valence-corrected chi connectivity index (χ2v) is 13.7. The van der Waals surface area contributed by atoms with E-state index < -0.39 is 0 Å². The van der Waals surface area contributed by atoms with E-state index in [-0.39, 0.29) is 14.9 Å². The van der Waals surface area contributed by atoms with Crippen LogP contribution in [0.25, 0.3) is 0 Å². The molecule has 0 atom stereocenters. The Balaban J connectivity index is 1.79. The van der Waals surface area contributed by atoms with Crippen molar-refractivity contribution < 1.29 is 18.9 Å². The van der Waals surface area contributed by atoms with Crippen molar-refractivity contribution in [1.82, 2.24) is 0 Å². The third kappa shape index (κ3) is 5.11. The van der Waals surface area contributed by atoms with E-state index in [1.807, 2.05) is 51.2 Å². The highest BCUT2D eigenvalue weighted by atomic mass is 32.2. The Bertz CT molecular complexity index is 991. The third-order valence-electron chi connectivity index (χ3n) is 6.76. The molecule has 0 N–H and O–H groups in total. The highest BCUT2D eigenvalue weighted by Crippen LogP contribution is 2.66. The smallest absolute Gasteiger partial charge is 0.162 e. The van der Waals surface area contributed by atoms with Crippen LogP contribution in [-0.4, -0.2) is 30.5 Å². The van der Waals surface area contributed by atoms with E-state index in [9.17, 15) is 0 Å². The van der Waals surface area contributed by atoms with Crippen LogP contribution in [0.5, 0.6) is 23.0 Å². The average Bonchev–Trinajstić information content (AvgIpc) is 2.75. The molecule has 4 rings (SSSR count). The van der Waals surface area contributed by atoms with Crippen molar-refractivity contribution in [2.45, 2.75) is 92.9 Å². The number of rotatable bonds is 8. The molecule has 0 aromatic heterocycles. The van der Waals surface area contributed by atoms with Gasteiger partial charge in [0.05, 0.1) is 30.5 Å². The fourth-order valence-corrected chi connectivity index (χ4v) is 10.0. The van der Waals surface area contributed by atoms with Gasteiger partial charge >= 0.3 is 0 Å². The van der Waals surface area contributed by atoms with Crippen molar-refractivity contribution in [3.05, 3.63) is 35.4 Å². The standard InChI is InChI=1S/C29H40O4S2/c1-9-30-21-13-19-25(15-23(21)32-11-3)34-29(17-27(19,5)6)18-28(7,8)20-14-22(31-10-2)24(33-12-4)16-26(20)35-29/h13-16H,9-12,17-18H2,1-8H3. The maximum atomic E-state index is 6.00. The van der Waals surface area contributed by atoms with Gasteiger partial charge in [-0.15, -0.1) is 23.5 Å². The molecule has 192 valence electrons. The van der Waals surface area contributed by atoms with Crippen molar-refractivity contribution >= 4 is 23.5 Å². The highest BCUT2D eigenvalue weighted by molar-refractivity contribution is 8.18. The summed E-state index contributed by atoms with van der Waals surface area (Å²) in [6.07, 6.45) is 2.14. The van der Waals surface area contributed by atoms with Gasteiger partial charge < -0.3 is 18.9 Å². The van der Waals surface area contributed by atoms with E-state index in [1.54, 1.807) is 0 Å². The molecule has 2 aliphatic rings. The van der Waals surface area contributed by atoms with E-state index in [0.717, 1.165) is 35.8 Å². The van der Waals surface area contributed by atoms with Crippen LogP contribution in [0.2, 0.25) is 0 Å². The first kappa shape index (κ1) is 26.4. The SMILES string of the molecule is CCOc1cc2c(cc1OCC)C(C)(C)CC1(CC(C)(C)c3cc(OCC)c(OCC)cc3S1)S2. The number of thioether (sulfide) groups is 2. The number of hydrogen-bond acceptors (Lipinski definition) is 6. The lowest BCUT2D eigenvalue weighted by Crippen LogP contribution is -2.42. The van der Waals surface area contributed by atoms with Crippen molar-refractivity contribution in [2.75, 3.05) is 26.4 Å². The topological polar surface area (TPSA) is 36.9 Å². The molecule has 1 spiro atoms. The van der Waals surface area contributed by atoms with E-state index in [1.165, 1.54) is 20.9 Å². The number of hydrogen-bond donors (Lipinski definition) is 0. The van der Waals surface area contributed by atoms with Crippen LogP contribution in [0.1, 0.15) is 79.4 Å². The molecule has 0 saturated carbocycles. The molecule has 0 radical (unpaired) electrons. The molecule has 0 saturated heterocycles. The minimum absolute atomic E-state index is 0.00573. The zero-order valence-corrected chi connectivity index (χ0v) is 24.1. The maximum absolute atomic E-state index is 6.00. The van der Waals surface area contributed by atoms with Crippen LogP contribution in [0, 0.1) is 0 Å². The van der Waals surface area contributed by atoms with Gasteiger partial charge in [0.2, 0.25) is 0 Å². The van der Waals surface area contributed by atoms with Gasteiger partial charge in [-0.3, -0.25) is 0 Å². The summed E-state index contributed by atoms with van der Waals surface area (Å²) in [6.45, 7) is 20.1. The first-order valence-corrected chi connectivity index (χ1v) is 14.5. The second-order valence-electron chi connectivity index (χ2n) is 10.6. The summed E-state index contributed by atoms with van der Waals surface area (Å²) < 4.78 is 23.9. The van der Waals surface area contributed by atoms with Crippen LogP contribution in [0.4, 0.5) is 0 Å². The predicted molar refractivity (Wildman–Crippen MR) is 147 cm³/mol. The number of fused-ring (bicyclic) bond motifs is 2. The van der Waals surface area contributed by atoms with Crippen molar-refractivity contribution in [3.8, 4) is 23.0 Å². The molecule has 2 aromatic rings. The summed E-state index contributed by atoms with van der Waals surface area (Å²) in [7, 11) is 0. The van der Waals surface area contributed by atoms with Crippen LogP contribution in [0.3, 0.4) is 0 Å². The molecule has 0 bridgehead atoms. The van der Waals surface area contributed by atoms with Gasteiger partial charge in [-0.1, -0.05) is 27.7 Å². The van der Waals surface area contributed by atoms with Crippen LogP contribution in [0.15, 0.2) is 34.1 Å². The van der Waals surface area contributed by atoms with Gasteiger partial charge in [0.15, 0.2) is 23.0 Å². The fourth-order valence-electron chi connectivity index (χ4n) is 5.55. The van der Waals surface area contributed by atoms with Gasteiger partial charge in [-0.25, -0.2) is 0 Å². The summed E-state index contributed by atoms with van der Waals surface area (Å²) in [6, 6.07) is 8.86. The Morgan fingerprint density at radius 1 is 0.571 bits per heavy atom. The minimum Gasteiger partial charge on any atom is -0.490 e. The summed E-state index contributed by atoms with van der Waals surface area (Å²) in [4.78, 5) is 2.60. The normalized spacial score (nSPS) is 19.0. The molecular weight excluding hydrogens is 476 g/mol. The Labute approximate surface area is 219 Å². The van der Waals surface area contributed by atoms with Crippen molar-refractivity contribution in [3.63, 3.8) is 0 Å². The number of benzene rings is 2. The first-order valence-electron chi connectivity index (χ1n) is 12.8. The lowest BCUT2D eigenvalue weighted by molar-refractivity contribution is 0.283. The summed E-state index contributed by atoms with van der Waals surface area (Å²) in [5.41, 5.74) is 2.72. The molecule has 2 aromatic carbocycles. The van der Waals surface area contributed by atoms with Gasteiger partial charge in [0, 0.05) is 9.79 Å². The zero-order valence-electron chi connectivity index (χ0n) is 22.5. The van der Waals surface area contributed by atoms with Crippen LogP contribution < -0.4 is 18.9 Å². The van der Waals surface area contributed by atoms with E-state index in [0.29, 0.717) is 26.4 Å². The lowest BCUT2D eigenvalue weighted by atomic mass is 9.74. The fraction of sp³-hybridized carbons (Fsp3) is 0.586. The molecule has 2 aliphatic heterocycles. The quantitative estimate of drug-likeness (QED) is 0.352. The molecule has 0 unspecified atom stereocenters. The number of ether oxygens (including phenoxy) is 4. The van der Waals surface area contributed by atoms with Crippen molar-refractivity contribution in [1.29, 1.82) is 0 Å². The molecule has 6 heteroatoms. The Hall–Kier alpha value is -1.66. The highest BCUT2D eigenvalue weighted by Gasteiger charge is 2.51. The average molecular weight is 517 g/mol. The second kappa shape index (κ2) is 10.0. The van der Waals surface area contributed by atoms with Crippen molar-refractivity contribution in [2.24, 2.45) is 0 Å². The third-order valence-corrected chi connectivity index (χ3v) is 9.70. The Kier molecular flexibility index (Phi) is 7.55. The van der Waals surface area contributed by atoms with E-state index >= 15 is 0 Å². The maximum Gasteiger partial charge on any atom is 0.162 e. The minimum atomic E-state index is 0.00573. The summed E-state index contributed by atoms with van der Waals surface area (Å²) in [5.74, 6) is 3.39. The van der Waals surface area contributed by atoms with Gasteiger partial charge in [0.25, 0.3) is 0 Å². The molecule has 0 amide bonds. The predicted octanol–water partition coefficient (Wildman–Crippen LogP) is 8.22. The summed E-state index contributed by atoms with van der Waals surface area (Å²) in [5, 5.41) is 0. The van der Waals surface area contributed by atoms with Gasteiger partial charge in [-0.2, -0.15) is 0 Å². The summed E-state index contributed by atoms with van der Waals surface area (Å²) >= 11 is 4.01. The van der Waals surface area contributed by atoms with Gasteiger partial charge in [-0.05, 0) is 86.8 Å². The molecule has 2 heterocycles. The zero-order chi connectivity index (χ0) is 25.4. The Morgan fingerprint density at radius 2 is 0.886 bits per heavy atom. The molecule has 4 nitrogen and oxygen atoms in total. The van der Waals surface area contributed by atoms with Gasteiger partial charge in [0.1, 0.15) is 0 Å². The van der Waals surface area contributed by atoms with E-state index in [4.69, 9.17) is 18.9 Å². The first-order chi connectivity index (χ1) is 16.6. The monoisotopic (exact) mass is 516 g/mol. The molecule has 0 fully saturated rings. The molecule has 35 heavy (non-hydrogen) atoms. The largest absolute Gasteiger partial charge is 0.490 e. The molecular formula is C29H40O4S2.